The van der Waals surface area contributed by atoms with Gasteiger partial charge in [-0.05, 0) is 35.1 Å². The van der Waals surface area contributed by atoms with Gasteiger partial charge in [0.2, 0.25) is 5.91 Å². The molecule has 1 aromatic heterocycles. The van der Waals surface area contributed by atoms with E-state index in [2.05, 4.69) is 20.8 Å². The molecule has 1 atom stereocenters. The van der Waals surface area contributed by atoms with Crippen LogP contribution in [0.25, 0.3) is 11.1 Å². The Morgan fingerprint density at radius 3 is 2.35 bits per heavy atom. The normalized spacial score (nSPS) is 13.0. The van der Waals surface area contributed by atoms with Crippen molar-refractivity contribution in [1.29, 1.82) is 0 Å². The molecule has 9 heteroatoms. The quantitative estimate of drug-likeness (QED) is 0.383. The molecular weight excluding hydrogens is 436 g/mol. The number of benzene rings is 2. The fourth-order valence-electron chi connectivity index (χ4n) is 4.22. The van der Waals surface area contributed by atoms with Gasteiger partial charge in [0.15, 0.2) is 0 Å². The van der Waals surface area contributed by atoms with E-state index in [4.69, 9.17) is 9.84 Å². The molecule has 0 bridgehead atoms. The minimum atomic E-state index is -1.08. The number of nitrogens with one attached hydrogen (secondary N) is 3. The molecule has 2 aromatic carbocycles. The number of alkyl carbamates (subject to hydrolysis) is 1. The van der Waals surface area contributed by atoms with E-state index in [1.54, 1.807) is 6.20 Å². The Labute approximate surface area is 196 Å². The van der Waals surface area contributed by atoms with Gasteiger partial charge in [-0.1, -0.05) is 55.5 Å². The van der Waals surface area contributed by atoms with E-state index < -0.39 is 24.0 Å². The van der Waals surface area contributed by atoms with Crippen LogP contribution in [0.1, 0.15) is 42.4 Å². The highest BCUT2D eigenvalue weighted by Gasteiger charge is 2.30. The van der Waals surface area contributed by atoms with Gasteiger partial charge >= 0.3 is 12.1 Å². The molecule has 0 spiro atoms. The third-order valence-corrected chi connectivity index (χ3v) is 5.95. The van der Waals surface area contributed by atoms with Crippen molar-refractivity contribution in [3.63, 3.8) is 0 Å². The predicted octanol–water partition coefficient (Wildman–Crippen LogP) is 3.68. The van der Waals surface area contributed by atoms with E-state index in [1.165, 1.54) is 0 Å². The van der Waals surface area contributed by atoms with Gasteiger partial charge < -0.3 is 20.5 Å². The van der Waals surface area contributed by atoms with Crippen molar-refractivity contribution in [1.82, 2.24) is 15.5 Å². The lowest BCUT2D eigenvalue weighted by Crippen LogP contribution is -2.44. The molecule has 0 fully saturated rings. The van der Waals surface area contributed by atoms with E-state index >= 15 is 0 Å². The van der Waals surface area contributed by atoms with E-state index in [1.807, 2.05) is 55.5 Å². The van der Waals surface area contributed by atoms with Crippen LogP contribution in [0.15, 0.2) is 54.7 Å². The van der Waals surface area contributed by atoms with E-state index in [0.717, 1.165) is 27.8 Å². The Morgan fingerprint density at radius 2 is 1.74 bits per heavy atom. The highest BCUT2D eigenvalue weighted by molar-refractivity contribution is 5.96. The van der Waals surface area contributed by atoms with Gasteiger partial charge in [0, 0.05) is 17.9 Å². The van der Waals surface area contributed by atoms with Crippen LogP contribution in [0.3, 0.4) is 0 Å². The summed E-state index contributed by atoms with van der Waals surface area (Å²) in [4.78, 5) is 36.5. The van der Waals surface area contributed by atoms with Gasteiger partial charge in [-0.25, -0.2) is 4.79 Å². The summed E-state index contributed by atoms with van der Waals surface area (Å²) in [5.41, 5.74) is 5.16. The van der Waals surface area contributed by atoms with Crippen molar-refractivity contribution in [2.75, 3.05) is 11.9 Å². The number of aromatic amines is 1. The number of anilines is 1. The van der Waals surface area contributed by atoms with Crippen molar-refractivity contribution < 1.29 is 24.2 Å². The number of fused-ring (bicyclic) bond motifs is 3. The SMILES string of the molecule is CCc1cn[nH]c1NC(=O)C(CCC(=O)O)NC(=O)OCC1c2ccccc2-c2ccccc21. The highest BCUT2D eigenvalue weighted by Crippen LogP contribution is 2.44. The topological polar surface area (TPSA) is 133 Å². The zero-order valence-corrected chi connectivity index (χ0v) is 18.7. The van der Waals surface area contributed by atoms with E-state index in [9.17, 15) is 14.4 Å². The van der Waals surface area contributed by atoms with Gasteiger partial charge in [-0.3, -0.25) is 14.7 Å². The number of nitrogens with zero attached hydrogens (tertiary/aromatic N) is 1. The number of ether oxygens (including phenoxy) is 1. The number of carbonyl (C=O) groups excluding carboxylic acids is 2. The maximum absolute atomic E-state index is 12.8. The predicted molar refractivity (Wildman–Crippen MR) is 125 cm³/mol. The maximum atomic E-state index is 12.8. The molecule has 1 aliphatic carbocycles. The largest absolute Gasteiger partial charge is 0.481 e. The van der Waals surface area contributed by atoms with Crippen LogP contribution in [0.2, 0.25) is 0 Å². The van der Waals surface area contributed by atoms with Gasteiger partial charge in [0.25, 0.3) is 0 Å². The number of carboxylic acids is 1. The summed E-state index contributed by atoms with van der Waals surface area (Å²) in [5.74, 6) is -1.32. The second-order valence-electron chi connectivity index (χ2n) is 8.07. The Morgan fingerprint density at radius 1 is 1.09 bits per heavy atom. The molecule has 9 nitrogen and oxygen atoms in total. The number of rotatable bonds is 9. The lowest BCUT2D eigenvalue weighted by molar-refractivity contribution is -0.137. The first-order chi connectivity index (χ1) is 16.5. The summed E-state index contributed by atoms with van der Waals surface area (Å²) >= 11 is 0. The van der Waals surface area contributed by atoms with E-state index in [0.29, 0.717) is 12.2 Å². The zero-order chi connectivity index (χ0) is 24.1. The Bertz CT molecular complexity index is 1160. The Balaban J connectivity index is 1.43. The molecule has 0 saturated heterocycles. The number of aliphatic carboxylic acids is 1. The molecule has 176 valence electrons. The average Bonchev–Trinajstić information content (AvgIpc) is 3.42. The number of hydrogen-bond acceptors (Lipinski definition) is 5. The second-order valence-corrected chi connectivity index (χ2v) is 8.07. The van der Waals surface area contributed by atoms with Crippen LogP contribution in [0.5, 0.6) is 0 Å². The minimum absolute atomic E-state index is 0.0824. The van der Waals surface area contributed by atoms with Crippen LogP contribution in [0, 0.1) is 0 Å². The summed E-state index contributed by atoms with van der Waals surface area (Å²) in [6.45, 7) is 2.00. The van der Waals surface area contributed by atoms with Crippen LogP contribution >= 0.6 is 0 Å². The summed E-state index contributed by atoms with van der Waals surface area (Å²) in [5, 5.41) is 20.9. The molecule has 1 heterocycles. The fourth-order valence-corrected chi connectivity index (χ4v) is 4.22. The van der Waals surface area contributed by atoms with Crippen LogP contribution in [0.4, 0.5) is 10.6 Å². The average molecular weight is 463 g/mol. The number of carbonyl (C=O) groups is 3. The van der Waals surface area contributed by atoms with Crippen molar-refractivity contribution >= 4 is 23.8 Å². The first-order valence-electron chi connectivity index (χ1n) is 11.1. The lowest BCUT2D eigenvalue weighted by atomic mass is 9.98. The molecule has 4 rings (SSSR count). The molecule has 1 unspecified atom stereocenters. The van der Waals surface area contributed by atoms with Crippen molar-refractivity contribution in [3.8, 4) is 11.1 Å². The lowest BCUT2D eigenvalue weighted by Gasteiger charge is -2.19. The number of amides is 2. The van der Waals surface area contributed by atoms with Gasteiger partial charge in [-0.15, -0.1) is 0 Å². The van der Waals surface area contributed by atoms with Gasteiger partial charge in [0.1, 0.15) is 18.5 Å². The molecule has 1 aliphatic rings. The molecule has 3 aromatic rings. The third-order valence-electron chi connectivity index (χ3n) is 5.95. The monoisotopic (exact) mass is 462 g/mol. The Kier molecular flexibility index (Phi) is 6.91. The van der Waals surface area contributed by atoms with Crippen LogP contribution in [-0.2, 0) is 20.7 Å². The molecule has 4 N–H and O–H groups in total. The fraction of sp³-hybridized carbons (Fsp3) is 0.280. The standard InChI is InChI=1S/C25H26N4O5/c1-2-15-13-26-29-23(15)28-24(32)21(11-12-22(30)31)27-25(33)34-14-20-18-9-5-3-7-16(18)17-8-4-6-10-19(17)20/h3-10,13,20-21H,2,11-12,14H2,1H3,(H,27,33)(H,30,31)(H2,26,28,29,32). The molecule has 0 aliphatic heterocycles. The minimum Gasteiger partial charge on any atom is -0.481 e. The summed E-state index contributed by atoms with van der Waals surface area (Å²) in [7, 11) is 0. The zero-order valence-electron chi connectivity index (χ0n) is 18.7. The second kappa shape index (κ2) is 10.2. The summed E-state index contributed by atoms with van der Waals surface area (Å²) < 4.78 is 5.51. The highest BCUT2D eigenvalue weighted by atomic mass is 16.5. The number of aromatic nitrogens is 2. The molecule has 34 heavy (non-hydrogen) atoms. The van der Waals surface area contributed by atoms with Crippen LogP contribution in [-0.4, -0.2) is 45.9 Å². The summed E-state index contributed by atoms with van der Waals surface area (Å²) in [6.07, 6.45) is 1.09. The third kappa shape index (κ3) is 4.93. The van der Waals surface area contributed by atoms with Crippen LogP contribution < -0.4 is 10.6 Å². The smallest absolute Gasteiger partial charge is 0.407 e. The molecular formula is C25H26N4O5. The van der Waals surface area contributed by atoms with Crippen molar-refractivity contribution in [3.05, 3.63) is 71.4 Å². The van der Waals surface area contributed by atoms with Gasteiger partial charge in [0.05, 0.1) is 6.20 Å². The molecule has 0 saturated carbocycles. The molecule has 0 radical (unpaired) electrons. The maximum Gasteiger partial charge on any atom is 0.407 e. The van der Waals surface area contributed by atoms with Crippen molar-refractivity contribution in [2.45, 2.75) is 38.1 Å². The number of carboxylic acid groups (broad SMARTS) is 1. The Hall–Kier alpha value is -4.14. The van der Waals surface area contributed by atoms with Crippen molar-refractivity contribution in [2.24, 2.45) is 0 Å². The summed E-state index contributed by atoms with van der Waals surface area (Å²) in [6, 6.07) is 14.9. The molecule has 2 amide bonds. The van der Waals surface area contributed by atoms with E-state index in [-0.39, 0.29) is 25.4 Å². The first kappa shape index (κ1) is 23.0. The number of H-pyrrole nitrogens is 1. The number of aryl methyl sites for hydroxylation is 1. The first-order valence-corrected chi connectivity index (χ1v) is 11.1. The van der Waals surface area contributed by atoms with Gasteiger partial charge in [-0.2, -0.15) is 5.10 Å². The number of hydrogen-bond donors (Lipinski definition) is 4.